The third kappa shape index (κ3) is 2.08. The summed E-state index contributed by atoms with van der Waals surface area (Å²) in [6.45, 7) is 4.22. The van der Waals surface area contributed by atoms with Gasteiger partial charge in [-0.1, -0.05) is 0 Å². The van der Waals surface area contributed by atoms with Gasteiger partial charge in [-0.05, 0) is 31.4 Å². The van der Waals surface area contributed by atoms with E-state index in [1.54, 1.807) is 11.3 Å². The Morgan fingerprint density at radius 3 is 2.80 bits per heavy atom. The third-order valence-electron chi connectivity index (χ3n) is 2.26. The average Bonchev–Trinajstić information content (AvgIpc) is 2.86. The first-order valence-corrected chi connectivity index (χ1v) is 6.37. The molecule has 0 aliphatic rings. The van der Waals surface area contributed by atoms with Crippen LogP contribution in [0.15, 0.2) is 22.9 Å². The van der Waals surface area contributed by atoms with Gasteiger partial charge >= 0.3 is 0 Å². The molecule has 0 atom stereocenters. The number of rotatable bonds is 3. The highest BCUT2D eigenvalue weighted by atomic mass is 35.5. The van der Waals surface area contributed by atoms with Crippen molar-refractivity contribution in [2.75, 3.05) is 0 Å². The van der Waals surface area contributed by atoms with Crippen LogP contribution < -0.4 is 0 Å². The summed E-state index contributed by atoms with van der Waals surface area (Å²) in [6, 6.07) is 4.50. The molecule has 2 aromatic rings. The second-order valence-electron chi connectivity index (χ2n) is 3.70. The molecule has 2 aromatic heterocycles. The molecule has 0 aromatic carbocycles. The number of nitrogens with zero attached hydrogens (tertiary/aromatic N) is 2. The molecule has 0 saturated heterocycles. The maximum Gasteiger partial charge on any atom is 0.0934 e. The van der Waals surface area contributed by atoms with Gasteiger partial charge in [0.05, 0.1) is 17.3 Å². The van der Waals surface area contributed by atoms with Crippen molar-refractivity contribution < 1.29 is 0 Å². The van der Waals surface area contributed by atoms with Crippen molar-refractivity contribution in [3.8, 4) is 11.3 Å². The SMILES string of the molecule is CC(C)n1nc(-c2ccsc2)cc1CCl. The van der Waals surface area contributed by atoms with E-state index in [9.17, 15) is 0 Å². The van der Waals surface area contributed by atoms with E-state index in [1.807, 2.05) is 4.68 Å². The molecule has 0 aliphatic heterocycles. The van der Waals surface area contributed by atoms with Gasteiger partial charge in [0.2, 0.25) is 0 Å². The number of alkyl halides is 1. The van der Waals surface area contributed by atoms with Crippen molar-refractivity contribution in [1.29, 1.82) is 0 Å². The van der Waals surface area contributed by atoms with E-state index in [-0.39, 0.29) is 0 Å². The summed E-state index contributed by atoms with van der Waals surface area (Å²) in [4.78, 5) is 0. The molecule has 2 nitrogen and oxygen atoms in total. The molecule has 0 fully saturated rings. The van der Waals surface area contributed by atoms with E-state index in [2.05, 4.69) is 41.8 Å². The van der Waals surface area contributed by atoms with E-state index in [4.69, 9.17) is 11.6 Å². The van der Waals surface area contributed by atoms with Crippen LogP contribution in [0.5, 0.6) is 0 Å². The first-order chi connectivity index (χ1) is 7.22. The van der Waals surface area contributed by atoms with Crippen molar-refractivity contribution in [3.05, 3.63) is 28.6 Å². The Morgan fingerprint density at radius 2 is 2.33 bits per heavy atom. The molecule has 0 unspecified atom stereocenters. The van der Waals surface area contributed by atoms with Crippen LogP contribution in [0.3, 0.4) is 0 Å². The Balaban J connectivity index is 2.43. The fraction of sp³-hybridized carbons (Fsp3) is 0.364. The van der Waals surface area contributed by atoms with Gasteiger partial charge in [0.15, 0.2) is 0 Å². The average molecular weight is 241 g/mol. The van der Waals surface area contributed by atoms with Gasteiger partial charge in [-0.3, -0.25) is 4.68 Å². The van der Waals surface area contributed by atoms with Crippen LogP contribution in [0.4, 0.5) is 0 Å². The fourth-order valence-electron chi connectivity index (χ4n) is 1.53. The highest BCUT2D eigenvalue weighted by Gasteiger charge is 2.10. The summed E-state index contributed by atoms with van der Waals surface area (Å²) >= 11 is 7.58. The number of hydrogen-bond donors (Lipinski definition) is 0. The molecule has 2 heterocycles. The van der Waals surface area contributed by atoms with E-state index >= 15 is 0 Å². The number of halogens is 1. The second-order valence-corrected chi connectivity index (χ2v) is 4.75. The van der Waals surface area contributed by atoms with Gasteiger partial charge in [0, 0.05) is 17.0 Å². The molecular formula is C11H13ClN2S. The smallest absolute Gasteiger partial charge is 0.0934 e. The zero-order valence-corrected chi connectivity index (χ0v) is 10.3. The van der Waals surface area contributed by atoms with E-state index < -0.39 is 0 Å². The maximum atomic E-state index is 5.89. The Bertz CT molecular complexity index is 431. The molecule has 0 saturated carbocycles. The standard InChI is InChI=1S/C11H13ClN2S/c1-8(2)14-10(6-12)5-11(13-14)9-3-4-15-7-9/h3-5,7-8H,6H2,1-2H3. The molecule has 0 radical (unpaired) electrons. The highest BCUT2D eigenvalue weighted by Crippen LogP contribution is 2.24. The van der Waals surface area contributed by atoms with Crippen LogP contribution in [0.2, 0.25) is 0 Å². The lowest BCUT2D eigenvalue weighted by atomic mass is 10.2. The minimum Gasteiger partial charge on any atom is -0.265 e. The Kier molecular flexibility index (Phi) is 3.12. The lowest BCUT2D eigenvalue weighted by molar-refractivity contribution is 0.518. The molecule has 0 amide bonds. The molecule has 4 heteroatoms. The molecule has 15 heavy (non-hydrogen) atoms. The van der Waals surface area contributed by atoms with Crippen LogP contribution in [-0.2, 0) is 5.88 Å². The Morgan fingerprint density at radius 1 is 1.53 bits per heavy atom. The zero-order chi connectivity index (χ0) is 10.8. The third-order valence-corrected chi connectivity index (χ3v) is 3.21. The Labute approximate surface area is 98.5 Å². The van der Waals surface area contributed by atoms with E-state index in [0.29, 0.717) is 11.9 Å². The zero-order valence-electron chi connectivity index (χ0n) is 8.77. The summed E-state index contributed by atoms with van der Waals surface area (Å²) < 4.78 is 1.99. The fourth-order valence-corrected chi connectivity index (χ4v) is 2.38. The second kappa shape index (κ2) is 4.37. The van der Waals surface area contributed by atoms with Crippen molar-refractivity contribution in [1.82, 2.24) is 9.78 Å². The summed E-state index contributed by atoms with van der Waals surface area (Å²) in [5, 5.41) is 8.72. The van der Waals surface area contributed by atoms with Gasteiger partial charge in [0.1, 0.15) is 0 Å². The van der Waals surface area contributed by atoms with Crippen LogP contribution in [0.25, 0.3) is 11.3 Å². The molecule has 80 valence electrons. The number of thiophene rings is 1. The first-order valence-electron chi connectivity index (χ1n) is 4.89. The molecular weight excluding hydrogens is 228 g/mol. The minimum absolute atomic E-state index is 0.353. The molecule has 0 spiro atoms. The van der Waals surface area contributed by atoms with Crippen molar-refractivity contribution in [3.63, 3.8) is 0 Å². The topological polar surface area (TPSA) is 17.8 Å². The largest absolute Gasteiger partial charge is 0.265 e. The van der Waals surface area contributed by atoms with Gasteiger partial charge in [0.25, 0.3) is 0 Å². The number of aromatic nitrogens is 2. The van der Waals surface area contributed by atoms with Crippen LogP contribution in [-0.4, -0.2) is 9.78 Å². The van der Waals surface area contributed by atoms with Crippen molar-refractivity contribution in [2.45, 2.75) is 25.8 Å². The maximum absolute atomic E-state index is 5.89. The van der Waals surface area contributed by atoms with Gasteiger partial charge in [-0.15, -0.1) is 11.6 Å². The van der Waals surface area contributed by atoms with E-state index in [1.165, 1.54) is 5.56 Å². The lowest BCUT2D eigenvalue weighted by Crippen LogP contribution is -2.06. The van der Waals surface area contributed by atoms with Gasteiger partial charge in [-0.25, -0.2) is 0 Å². The molecule has 0 N–H and O–H groups in total. The monoisotopic (exact) mass is 240 g/mol. The normalized spacial score (nSPS) is 11.2. The predicted octanol–water partition coefficient (Wildman–Crippen LogP) is 3.93. The summed E-state index contributed by atoms with van der Waals surface area (Å²) in [5.41, 5.74) is 3.26. The van der Waals surface area contributed by atoms with Crippen LogP contribution >= 0.6 is 22.9 Å². The van der Waals surface area contributed by atoms with Gasteiger partial charge in [-0.2, -0.15) is 16.4 Å². The highest BCUT2D eigenvalue weighted by molar-refractivity contribution is 7.08. The summed E-state index contributed by atoms with van der Waals surface area (Å²) in [7, 11) is 0. The molecule has 0 aliphatic carbocycles. The predicted molar refractivity (Wildman–Crippen MR) is 65.5 cm³/mol. The van der Waals surface area contributed by atoms with Crippen LogP contribution in [0, 0.1) is 0 Å². The summed E-state index contributed by atoms with van der Waals surface area (Å²) in [5.74, 6) is 0.509. The first kappa shape index (κ1) is 10.7. The molecule has 2 rings (SSSR count). The minimum atomic E-state index is 0.353. The van der Waals surface area contributed by atoms with Crippen LogP contribution in [0.1, 0.15) is 25.6 Å². The quantitative estimate of drug-likeness (QED) is 0.744. The summed E-state index contributed by atoms with van der Waals surface area (Å²) in [6.07, 6.45) is 0. The lowest BCUT2D eigenvalue weighted by Gasteiger charge is -2.08. The number of hydrogen-bond acceptors (Lipinski definition) is 2. The van der Waals surface area contributed by atoms with Crippen molar-refractivity contribution >= 4 is 22.9 Å². The van der Waals surface area contributed by atoms with Gasteiger partial charge < -0.3 is 0 Å². The Hall–Kier alpha value is -0.800. The van der Waals surface area contributed by atoms with Crippen molar-refractivity contribution in [2.24, 2.45) is 0 Å². The van der Waals surface area contributed by atoms with E-state index in [0.717, 1.165) is 11.4 Å². The molecule has 0 bridgehead atoms.